The van der Waals surface area contributed by atoms with Gasteiger partial charge in [0.05, 0.1) is 6.10 Å². The second-order valence-electron chi connectivity index (χ2n) is 14.4. The van der Waals surface area contributed by atoms with E-state index < -0.39 is 5.79 Å². The Kier molecular flexibility index (Phi) is 37.3. The van der Waals surface area contributed by atoms with Gasteiger partial charge in [0.1, 0.15) is 0 Å². The summed E-state index contributed by atoms with van der Waals surface area (Å²) in [5, 5.41) is 11.6. The lowest BCUT2D eigenvalue weighted by Crippen LogP contribution is -2.37. The lowest BCUT2D eigenvalue weighted by molar-refractivity contribution is -0.240. The maximum atomic E-state index is 11.6. The fourth-order valence-corrected chi connectivity index (χ4v) is 5.75. The number of nitrogens with zero attached hydrogens (tertiary/aromatic N) is 1. The van der Waals surface area contributed by atoms with Crippen molar-refractivity contribution in [1.29, 1.82) is 0 Å². The van der Waals surface area contributed by atoms with E-state index in [1.807, 2.05) is 0 Å². The second-order valence-corrected chi connectivity index (χ2v) is 14.4. The summed E-state index contributed by atoms with van der Waals surface area (Å²) in [5.74, 6) is -1.03. The molecule has 3 nitrogen and oxygen atoms in total. The summed E-state index contributed by atoms with van der Waals surface area (Å²) in [4.78, 5) is 2.20. The Bertz CT molecular complexity index is 900. The molecule has 0 saturated heterocycles. The smallest absolute Gasteiger partial charge is 0.165 e. The fraction of sp³-hybridized carbons (Fsp3) is 0.667. The molecular formula is C48H83NO2. The van der Waals surface area contributed by atoms with E-state index in [2.05, 4.69) is 137 Å². The predicted molar refractivity (Wildman–Crippen MR) is 229 cm³/mol. The van der Waals surface area contributed by atoms with Crippen molar-refractivity contribution in [2.24, 2.45) is 0 Å². The van der Waals surface area contributed by atoms with E-state index in [4.69, 9.17) is 4.74 Å². The van der Waals surface area contributed by atoms with Gasteiger partial charge in [-0.05, 0) is 136 Å². The molecule has 0 aromatic heterocycles. The molecule has 0 aliphatic heterocycles. The van der Waals surface area contributed by atoms with Crippen molar-refractivity contribution < 1.29 is 9.84 Å². The molecule has 0 radical (unpaired) electrons. The summed E-state index contributed by atoms with van der Waals surface area (Å²) in [6.07, 6.45) is 62.4. The minimum Gasteiger partial charge on any atom is -0.365 e. The topological polar surface area (TPSA) is 32.7 Å². The van der Waals surface area contributed by atoms with E-state index in [1.54, 1.807) is 0 Å². The number of hydrogen-bond donors (Lipinski definition) is 1. The van der Waals surface area contributed by atoms with E-state index in [1.165, 1.54) is 51.4 Å². The van der Waals surface area contributed by atoms with E-state index in [0.717, 1.165) is 96.4 Å². The fourth-order valence-electron chi connectivity index (χ4n) is 5.75. The van der Waals surface area contributed by atoms with Crippen molar-refractivity contribution in [3.8, 4) is 0 Å². The maximum Gasteiger partial charge on any atom is 0.165 e. The van der Waals surface area contributed by atoms with Crippen LogP contribution in [0.5, 0.6) is 0 Å². The molecule has 0 spiro atoms. The van der Waals surface area contributed by atoms with Crippen LogP contribution in [-0.4, -0.2) is 42.5 Å². The molecule has 1 atom stereocenters. The standard InChI is InChI=1S/C48H83NO2/c1-6-9-11-13-15-17-19-21-23-25-27-29-31-33-35-37-39-41-44-48(50,51-47(8-3)43-46-49(4)5)45-42-40-38-36-34-32-30-28-26-24-22-20-18-16-14-12-10-7-2/h15-18,21-24,27-30,33-36,47,50H,6-14,19-20,25-26,31-32,37-46H2,1-5H3/b17-15-,18-16-,23-21-,24-22-,29-27-,30-28-,35-33-,36-34-. The van der Waals surface area contributed by atoms with Crippen LogP contribution in [0.2, 0.25) is 0 Å². The number of unbranched alkanes of at least 4 members (excludes halogenated alkanes) is 10. The van der Waals surface area contributed by atoms with Crippen LogP contribution in [-0.2, 0) is 4.74 Å². The van der Waals surface area contributed by atoms with Crippen molar-refractivity contribution in [2.45, 2.75) is 187 Å². The molecule has 3 heteroatoms. The average Bonchev–Trinajstić information content (AvgIpc) is 3.12. The summed E-state index contributed by atoms with van der Waals surface area (Å²) in [7, 11) is 4.21. The summed E-state index contributed by atoms with van der Waals surface area (Å²) in [6, 6.07) is 0. The zero-order chi connectivity index (χ0) is 37.4. The zero-order valence-corrected chi connectivity index (χ0v) is 34.3. The first-order valence-electron chi connectivity index (χ1n) is 21.2. The first-order valence-corrected chi connectivity index (χ1v) is 21.2. The molecule has 0 amide bonds. The molecule has 51 heavy (non-hydrogen) atoms. The van der Waals surface area contributed by atoms with Crippen molar-refractivity contribution in [1.82, 2.24) is 4.90 Å². The van der Waals surface area contributed by atoms with Gasteiger partial charge in [0.2, 0.25) is 0 Å². The molecule has 1 unspecified atom stereocenters. The van der Waals surface area contributed by atoms with E-state index in [0.29, 0.717) is 12.8 Å². The number of hydrogen-bond acceptors (Lipinski definition) is 3. The monoisotopic (exact) mass is 706 g/mol. The minimum absolute atomic E-state index is 0.0967. The van der Waals surface area contributed by atoms with Crippen LogP contribution in [0.3, 0.4) is 0 Å². The highest BCUT2D eigenvalue weighted by Gasteiger charge is 2.29. The molecule has 1 N–H and O–H groups in total. The van der Waals surface area contributed by atoms with Gasteiger partial charge in [0.15, 0.2) is 5.79 Å². The van der Waals surface area contributed by atoms with Gasteiger partial charge in [-0.1, -0.05) is 144 Å². The van der Waals surface area contributed by atoms with Crippen LogP contribution in [0.25, 0.3) is 0 Å². The molecule has 292 valence electrons. The number of ether oxygens (including phenoxy) is 1. The first kappa shape index (κ1) is 48.8. The van der Waals surface area contributed by atoms with E-state index in [-0.39, 0.29) is 6.10 Å². The van der Waals surface area contributed by atoms with Crippen molar-refractivity contribution >= 4 is 0 Å². The quantitative estimate of drug-likeness (QED) is 0.0400. The lowest BCUT2D eigenvalue weighted by Gasteiger charge is -2.33. The molecule has 0 aromatic carbocycles. The average molecular weight is 706 g/mol. The first-order chi connectivity index (χ1) is 25.0. The Balaban J connectivity index is 4.39. The summed E-state index contributed by atoms with van der Waals surface area (Å²) in [6.45, 7) is 7.66. The van der Waals surface area contributed by atoms with Crippen LogP contribution in [0.1, 0.15) is 175 Å². The third-order valence-electron chi connectivity index (χ3n) is 9.03. The molecule has 0 bridgehead atoms. The molecule has 0 heterocycles. The van der Waals surface area contributed by atoms with Crippen LogP contribution in [0, 0.1) is 0 Å². The van der Waals surface area contributed by atoms with Gasteiger partial charge in [-0.3, -0.25) is 0 Å². The third kappa shape index (κ3) is 37.4. The largest absolute Gasteiger partial charge is 0.365 e. The molecule has 0 rings (SSSR count). The Labute approximate surface area is 318 Å². The van der Waals surface area contributed by atoms with Crippen LogP contribution in [0.15, 0.2) is 97.2 Å². The summed E-state index contributed by atoms with van der Waals surface area (Å²) < 4.78 is 6.46. The summed E-state index contributed by atoms with van der Waals surface area (Å²) in [5.41, 5.74) is 0. The number of rotatable bonds is 36. The van der Waals surface area contributed by atoms with Gasteiger partial charge in [0, 0.05) is 12.8 Å². The molecule has 0 aliphatic rings. The van der Waals surface area contributed by atoms with E-state index in [9.17, 15) is 5.11 Å². The Morgan fingerprint density at radius 1 is 0.471 bits per heavy atom. The van der Waals surface area contributed by atoms with Gasteiger partial charge in [0.25, 0.3) is 0 Å². The number of aliphatic hydroxyl groups is 1. The Morgan fingerprint density at radius 3 is 1.08 bits per heavy atom. The van der Waals surface area contributed by atoms with Gasteiger partial charge < -0.3 is 14.7 Å². The Morgan fingerprint density at radius 2 is 0.784 bits per heavy atom. The van der Waals surface area contributed by atoms with Crippen molar-refractivity contribution in [3.63, 3.8) is 0 Å². The lowest BCUT2D eigenvalue weighted by atomic mass is 9.99. The highest BCUT2D eigenvalue weighted by molar-refractivity contribution is 5.00. The van der Waals surface area contributed by atoms with Crippen molar-refractivity contribution in [2.75, 3.05) is 20.6 Å². The summed E-state index contributed by atoms with van der Waals surface area (Å²) >= 11 is 0. The third-order valence-corrected chi connectivity index (χ3v) is 9.03. The predicted octanol–water partition coefficient (Wildman–Crippen LogP) is 14.5. The normalized spacial score (nSPS) is 14.0. The minimum atomic E-state index is -1.03. The second kappa shape index (κ2) is 39.0. The highest BCUT2D eigenvalue weighted by atomic mass is 16.6. The maximum absolute atomic E-state index is 11.6. The highest BCUT2D eigenvalue weighted by Crippen LogP contribution is 2.27. The van der Waals surface area contributed by atoms with E-state index >= 15 is 0 Å². The molecular weight excluding hydrogens is 623 g/mol. The SMILES string of the molecule is CCCCC/C=C\C/C=C\C/C=C\C/C=C\CCCCC(O)(CCCC/C=C\C/C=C\C/C=C\C/C=C\CCCCC)OC(CC)CCN(C)C. The van der Waals surface area contributed by atoms with Crippen LogP contribution in [0.4, 0.5) is 0 Å². The molecule has 0 fully saturated rings. The van der Waals surface area contributed by atoms with Gasteiger partial charge >= 0.3 is 0 Å². The van der Waals surface area contributed by atoms with Gasteiger partial charge in [-0.2, -0.15) is 0 Å². The molecule has 0 aliphatic carbocycles. The Hall–Kier alpha value is -2.20. The van der Waals surface area contributed by atoms with Crippen LogP contribution >= 0.6 is 0 Å². The van der Waals surface area contributed by atoms with Gasteiger partial charge in [-0.15, -0.1) is 0 Å². The zero-order valence-electron chi connectivity index (χ0n) is 34.3. The van der Waals surface area contributed by atoms with Gasteiger partial charge in [-0.25, -0.2) is 0 Å². The van der Waals surface area contributed by atoms with Crippen LogP contribution < -0.4 is 0 Å². The molecule has 0 saturated carbocycles. The number of allylic oxidation sites excluding steroid dienone is 16. The molecule has 0 aromatic rings. The van der Waals surface area contributed by atoms with Crippen molar-refractivity contribution in [3.05, 3.63) is 97.2 Å².